The monoisotopic (exact) mass is 425 g/mol. The molecule has 5 heteroatoms. The molecule has 3 aromatic heterocycles. The minimum absolute atomic E-state index is 0.118. The quantitative estimate of drug-likeness (QED) is 0.503. The fourth-order valence-electron chi connectivity index (χ4n) is 4.15. The predicted molar refractivity (Wildman–Crippen MR) is 132 cm³/mol. The molecule has 0 unspecified atom stereocenters. The van der Waals surface area contributed by atoms with Crippen molar-refractivity contribution in [3.63, 3.8) is 0 Å². The SMILES string of the molecule is CCC1=C(C(C)(C)C)C=CC(Nc2nc(C)nc3nc(-c4ncccc4C)ccc23)=CC1. The molecule has 0 radical (unpaired) electrons. The van der Waals surface area contributed by atoms with Crippen molar-refractivity contribution in [1.29, 1.82) is 0 Å². The summed E-state index contributed by atoms with van der Waals surface area (Å²) in [6, 6.07) is 8.01. The molecule has 0 aliphatic heterocycles. The minimum Gasteiger partial charge on any atom is -0.340 e. The topological polar surface area (TPSA) is 63.6 Å². The molecule has 0 amide bonds. The summed E-state index contributed by atoms with van der Waals surface area (Å²) < 4.78 is 0. The third-order valence-electron chi connectivity index (χ3n) is 5.80. The number of fused-ring (bicyclic) bond motifs is 1. The predicted octanol–water partition coefficient (Wildman–Crippen LogP) is 6.71. The maximum atomic E-state index is 4.81. The minimum atomic E-state index is 0.118. The molecule has 32 heavy (non-hydrogen) atoms. The molecule has 4 rings (SSSR count). The average molecular weight is 426 g/mol. The zero-order valence-electron chi connectivity index (χ0n) is 19.8. The fraction of sp³-hybridized carbons (Fsp3) is 0.333. The maximum absolute atomic E-state index is 4.81. The Balaban J connectivity index is 1.70. The molecule has 0 saturated carbocycles. The summed E-state index contributed by atoms with van der Waals surface area (Å²) in [6.07, 6.45) is 10.4. The molecule has 3 aromatic rings. The van der Waals surface area contributed by atoms with Crippen molar-refractivity contribution in [3.05, 3.63) is 76.9 Å². The lowest BCUT2D eigenvalue weighted by Gasteiger charge is -2.23. The smallest absolute Gasteiger partial charge is 0.165 e. The number of anilines is 1. The van der Waals surface area contributed by atoms with Crippen molar-refractivity contribution in [1.82, 2.24) is 19.9 Å². The normalized spacial score (nSPS) is 14.5. The third kappa shape index (κ3) is 4.47. The molecule has 0 saturated heterocycles. The van der Waals surface area contributed by atoms with Gasteiger partial charge >= 0.3 is 0 Å². The lowest BCUT2D eigenvalue weighted by molar-refractivity contribution is 0.509. The van der Waals surface area contributed by atoms with Gasteiger partial charge in [-0.2, -0.15) is 0 Å². The number of pyridine rings is 2. The molecule has 0 aromatic carbocycles. The molecule has 0 fully saturated rings. The zero-order valence-corrected chi connectivity index (χ0v) is 19.8. The Bertz CT molecular complexity index is 1260. The molecule has 0 atom stereocenters. The van der Waals surface area contributed by atoms with Gasteiger partial charge in [0.05, 0.1) is 16.8 Å². The number of aryl methyl sites for hydroxylation is 2. The van der Waals surface area contributed by atoms with Crippen LogP contribution in [0.3, 0.4) is 0 Å². The summed E-state index contributed by atoms with van der Waals surface area (Å²) in [7, 11) is 0. The van der Waals surface area contributed by atoms with Crippen LogP contribution in [0, 0.1) is 19.3 Å². The third-order valence-corrected chi connectivity index (χ3v) is 5.80. The van der Waals surface area contributed by atoms with Crippen molar-refractivity contribution >= 4 is 16.9 Å². The second kappa shape index (κ2) is 8.65. The van der Waals surface area contributed by atoms with Crippen molar-refractivity contribution in [2.75, 3.05) is 5.32 Å². The average Bonchev–Trinajstić information content (AvgIpc) is 2.95. The molecule has 5 nitrogen and oxygen atoms in total. The van der Waals surface area contributed by atoms with Gasteiger partial charge in [0, 0.05) is 11.9 Å². The largest absolute Gasteiger partial charge is 0.340 e. The Hall–Kier alpha value is -3.34. The van der Waals surface area contributed by atoms with Crippen LogP contribution in [0.25, 0.3) is 22.4 Å². The van der Waals surface area contributed by atoms with E-state index in [1.165, 1.54) is 11.1 Å². The highest BCUT2D eigenvalue weighted by molar-refractivity contribution is 5.89. The zero-order chi connectivity index (χ0) is 22.9. The molecular formula is C27H31N5. The first-order valence-corrected chi connectivity index (χ1v) is 11.2. The molecule has 1 N–H and O–H groups in total. The second-order valence-electron chi connectivity index (χ2n) is 9.30. The van der Waals surface area contributed by atoms with E-state index in [4.69, 9.17) is 4.98 Å². The van der Waals surface area contributed by atoms with Crippen LogP contribution in [-0.4, -0.2) is 19.9 Å². The van der Waals surface area contributed by atoms with Crippen molar-refractivity contribution in [3.8, 4) is 11.4 Å². The fourth-order valence-corrected chi connectivity index (χ4v) is 4.15. The van der Waals surface area contributed by atoms with Crippen molar-refractivity contribution in [2.45, 2.75) is 54.4 Å². The van der Waals surface area contributed by atoms with Crippen LogP contribution < -0.4 is 5.32 Å². The van der Waals surface area contributed by atoms with Crippen LogP contribution in [0.1, 0.15) is 51.9 Å². The number of nitrogens with one attached hydrogen (secondary N) is 1. The number of hydrogen-bond donors (Lipinski definition) is 1. The van der Waals surface area contributed by atoms with E-state index in [1.807, 2.05) is 38.1 Å². The van der Waals surface area contributed by atoms with Crippen LogP contribution in [0.15, 0.2) is 65.5 Å². The second-order valence-corrected chi connectivity index (χ2v) is 9.30. The summed E-state index contributed by atoms with van der Waals surface area (Å²) >= 11 is 0. The van der Waals surface area contributed by atoms with E-state index >= 15 is 0 Å². The number of hydrogen-bond acceptors (Lipinski definition) is 5. The first-order chi connectivity index (χ1) is 15.3. The van der Waals surface area contributed by atoms with E-state index in [1.54, 1.807) is 6.20 Å². The Morgan fingerprint density at radius 1 is 1.00 bits per heavy atom. The van der Waals surface area contributed by atoms with Crippen LogP contribution in [0.5, 0.6) is 0 Å². The summed E-state index contributed by atoms with van der Waals surface area (Å²) in [5.74, 6) is 1.46. The highest BCUT2D eigenvalue weighted by Gasteiger charge is 2.20. The van der Waals surface area contributed by atoms with Gasteiger partial charge < -0.3 is 5.32 Å². The van der Waals surface area contributed by atoms with Gasteiger partial charge in [-0.1, -0.05) is 51.5 Å². The first kappa shape index (κ1) is 21.9. The molecular weight excluding hydrogens is 394 g/mol. The molecule has 1 aliphatic carbocycles. The van der Waals surface area contributed by atoms with Gasteiger partial charge in [0.25, 0.3) is 0 Å². The Morgan fingerprint density at radius 2 is 1.81 bits per heavy atom. The van der Waals surface area contributed by atoms with Gasteiger partial charge in [0.15, 0.2) is 5.65 Å². The number of nitrogens with zero attached hydrogens (tertiary/aromatic N) is 4. The summed E-state index contributed by atoms with van der Waals surface area (Å²) in [4.78, 5) is 18.6. The van der Waals surface area contributed by atoms with Gasteiger partial charge in [-0.3, -0.25) is 4.98 Å². The van der Waals surface area contributed by atoms with Gasteiger partial charge in [0.1, 0.15) is 11.6 Å². The Morgan fingerprint density at radius 3 is 2.53 bits per heavy atom. The van der Waals surface area contributed by atoms with Gasteiger partial charge in [-0.25, -0.2) is 15.0 Å². The van der Waals surface area contributed by atoms with Crippen molar-refractivity contribution in [2.24, 2.45) is 5.41 Å². The molecule has 164 valence electrons. The van der Waals surface area contributed by atoms with E-state index in [2.05, 4.69) is 66.2 Å². The van der Waals surface area contributed by atoms with Crippen LogP contribution in [0.4, 0.5) is 5.82 Å². The summed E-state index contributed by atoms with van der Waals surface area (Å²) in [5.41, 5.74) is 7.50. The number of rotatable bonds is 4. The van der Waals surface area contributed by atoms with Crippen molar-refractivity contribution < 1.29 is 0 Å². The van der Waals surface area contributed by atoms with E-state index < -0.39 is 0 Å². The molecule has 3 heterocycles. The van der Waals surface area contributed by atoms with Gasteiger partial charge in [-0.15, -0.1) is 0 Å². The van der Waals surface area contributed by atoms with Gasteiger partial charge in [0.2, 0.25) is 0 Å². The van der Waals surface area contributed by atoms with E-state index in [-0.39, 0.29) is 5.41 Å². The Kier molecular flexibility index (Phi) is 5.92. The molecule has 0 bridgehead atoms. The molecule has 0 spiro atoms. The maximum Gasteiger partial charge on any atom is 0.165 e. The summed E-state index contributed by atoms with van der Waals surface area (Å²) in [6.45, 7) is 13.0. The standard InChI is InChI=1S/C27H31N5/c1-7-19-10-11-20(12-14-22(19)27(4,5)6)31-25-21-13-15-23(24-17(2)9-8-16-28-24)32-26(21)30-18(3)29-25/h8-9,11-16H,7,10H2,1-6H3,(H,29,30,31,32). The highest BCUT2D eigenvalue weighted by atomic mass is 15.1. The summed E-state index contributed by atoms with van der Waals surface area (Å²) in [5, 5.41) is 4.43. The lowest BCUT2D eigenvalue weighted by Crippen LogP contribution is -2.10. The van der Waals surface area contributed by atoms with E-state index in [0.29, 0.717) is 11.5 Å². The number of allylic oxidation sites excluding steroid dienone is 5. The van der Waals surface area contributed by atoms with Gasteiger partial charge in [-0.05, 0) is 67.5 Å². The Labute approximate surface area is 190 Å². The highest BCUT2D eigenvalue weighted by Crippen LogP contribution is 2.34. The van der Waals surface area contributed by atoms with E-state index in [0.717, 1.165) is 46.7 Å². The molecule has 1 aliphatic rings. The first-order valence-electron chi connectivity index (χ1n) is 11.2. The van der Waals surface area contributed by atoms with Crippen LogP contribution in [0.2, 0.25) is 0 Å². The lowest BCUT2D eigenvalue weighted by atomic mass is 9.82. The number of aromatic nitrogens is 4. The van der Waals surface area contributed by atoms with Crippen LogP contribution in [-0.2, 0) is 0 Å². The van der Waals surface area contributed by atoms with E-state index in [9.17, 15) is 0 Å². The van der Waals surface area contributed by atoms with Crippen LogP contribution >= 0.6 is 0 Å².